The quantitative estimate of drug-likeness (QED) is 0.549. The lowest BCUT2D eigenvalue weighted by Crippen LogP contribution is -2.32. The van der Waals surface area contributed by atoms with E-state index in [4.69, 9.17) is 9.72 Å². The van der Waals surface area contributed by atoms with Gasteiger partial charge in [0.1, 0.15) is 11.3 Å². The van der Waals surface area contributed by atoms with E-state index in [2.05, 4.69) is 33.9 Å². The topological polar surface area (TPSA) is 106 Å². The lowest BCUT2D eigenvalue weighted by Gasteiger charge is -2.29. The van der Waals surface area contributed by atoms with Crippen molar-refractivity contribution in [2.45, 2.75) is 53.0 Å². The molecule has 0 saturated carbocycles. The summed E-state index contributed by atoms with van der Waals surface area (Å²) in [4.78, 5) is 39.4. The largest absolute Gasteiger partial charge is 0.477 e. The van der Waals surface area contributed by atoms with E-state index < -0.39 is 0 Å². The molecule has 1 saturated heterocycles. The maximum absolute atomic E-state index is 13.1. The van der Waals surface area contributed by atoms with Gasteiger partial charge in [-0.1, -0.05) is 20.8 Å². The Hall–Kier alpha value is -3.07. The van der Waals surface area contributed by atoms with Crippen LogP contribution in [0.2, 0.25) is 0 Å². The molecule has 0 atom stereocenters. The first-order valence-corrected chi connectivity index (χ1v) is 11.6. The molecule has 4 heterocycles. The third kappa shape index (κ3) is 4.68. The normalized spacial score (nSPS) is 15.5. The van der Waals surface area contributed by atoms with Gasteiger partial charge in [0.25, 0.3) is 5.56 Å². The van der Waals surface area contributed by atoms with Gasteiger partial charge in [0.05, 0.1) is 23.9 Å². The molecule has 0 aliphatic carbocycles. The number of fused-ring (bicyclic) bond motifs is 1. The number of aromatic amines is 1. The highest BCUT2D eigenvalue weighted by Crippen LogP contribution is 2.30. The number of H-pyrrole nitrogens is 1. The van der Waals surface area contributed by atoms with Gasteiger partial charge in [-0.3, -0.25) is 14.3 Å². The van der Waals surface area contributed by atoms with Crippen molar-refractivity contribution >= 4 is 16.8 Å². The number of hydrogen-bond acceptors (Lipinski definition) is 7. The number of carbonyl (C=O) groups is 1. The maximum atomic E-state index is 13.1. The molecule has 1 aliphatic heterocycles. The van der Waals surface area contributed by atoms with Gasteiger partial charge in [0, 0.05) is 11.8 Å². The zero-order chi connectivity index (χ0) is 23.7. The Morgan fingerprint density at radius 1 is 1.27 bits per heavy atom. The minimum absolute atomic E-state index is 0.119. The minimum atomic E-state index is -0.306. The fourth-order valence-corrected chi connectivity index (χ4v) is 4.21. The first kappa shape index (κ1) is 23.1. The summed E-state index contributed by atoms with van der Waals surface area (Å²) < 4.78 is 7.90. The molecule has 0 radical (unpaired) electrons. The third-order valence-corrected chi connectivity index (χ3v) is 6.09. The molecule has 0 spiro atoms. The summed E-state index contributed by atoms with van der Waals surface area (Å²) in [7, 11) is 2.12. The Labute approximate surface area is 193 Å². The van der Waals surface area contributed by atoms with Crippen LogP contribution in [-0.2, 0) is 6.42 Å². The summed E-state index contributed by atoms with van der Waals surface area (Å²) in [6.07, 6.45) is 4.18. The van der Waals surface area contributed by atoms with Crippen LogP contribution in [0.15, 0.2) is 17.1 Å². The van der Waals surface area contributed by atoms with Gasteiger partial charge in [-0.15, -0.1) is 0 Å². The number of carbonyl (C=O) groups excluding carboxylic acids is 1. The molecule has 176 valence electrons. The second-order valence-corrected chi connectivity index (χ2v) is 9.23. The van der Waals surface area contributed by atoms with Gasteiger partial charge in [-0.05, 0) is 58.3 Å². The Kier molecular flexibility index (Phi) is 6.60. The molecule has 1 fully saturated rings. The van der Waals surface area contributed by atoms with Crippen LogP contribution < -0.4 is 10.3 Å². The number of aryl methyl sites for hydroxylation is 1. The molecule has 0 aromatic carbocycles. The number of likely N-dealkylation sites (tertiary alicyclic amines) is 1. The van der Waals surface area contributed by atoms with Crippen LogP contribution >= 0.6 is 0 Å². The zero-order valence-corrected chi connectivity index (χ0v) is 20.0. The average molecular weight is 453 g/mol. The molecule has 0 bridgehead atoms. The smallest absolute Gasteiger partial charge is 0.279 e. The minimum Gasteiger partial charge on any atom is -0.477 e. The lowest BCUT2D eigenvalue weighted by atomic mass is 10.1. The monoisotopic (exact) mass is 452 g/mol. The predicted molar refractivity (Wildman–Crippen MR) is 127 cm³/mol. The van der Waals surface area contributed by atoms with E-state index in [1.165, 1.54) is 13.1 Å². The number of ketones is 1. The van der Waals surface area contributed by atoms with Gasteiger partial charge < -0.3 is 14.6 Å². The van der Waals surface area contributed by atoms with Crippen LogP contribution in [0.3, 0.4) is 0 Å². The summed E-state index contributed by atoms with van der Waals surface area (Å²) in [6, 6.07) is 1.93. The van der Waals surface area contributed by atoms with Crippen LogP contribution in [0.25, 0.3) is 22.4 Å². The molecule has 3 aromatic rings. The van der Waals surface area contributed by atoms with Crippen molar-refractivity contribution in [1.29, 1.82) is 0 Å². The highest BCUT2D eigenvalue weighted by atomic mass is 16.5. The number of hydrogen-bond donors (Lipinski definition) is 1. The Bertz CT molecular complexity index is 1220. The Morgan fingerprint density at radius 3 is 2.64 bits per heavy atom. The van der Waals surface area contributed by atoms with Crippen molar-refractivity contribution in [3.63, 3.8) is 0 Å². The molecule has 0 unspecified atom stereocenters. The van der Waals surface area contributed by atoms with Crippen molar-refractivity contribution in [3.8, 4) is 17.3 Å². The highest BCUT2D eigenvalue weighted by Gasteiger charge is 2.25. The molecule has 1 N–H and O–H groups in total. The number of piperidine rings is 1. The average Bonchev–Trinajstić information content (AvgIpc) is 3.17. The highest BCUT2D eigenvalue weighted by molar-refractivity contribution is 5.95. The van der Waals surface area contributed by atoms with Crippen LogP contribution in [0.4, 0.5) is 0 Å². The van der Waals surface area contributed by atoms with Gasteiger partial charge in [-0.2, -0.15) is 5.10 Å². The van der Waals surface area contributed by atoms with E-state index in [0.717, 1.165) is 31.6 Å². The van der Waals surface area contributed by atoms with Gasteiger partial charge in [-0.25, -0.2) is 9.97 Å². The summed E-state index contributed by atoms with van der Waals surface area (Å²) in [6.45, 7) is 10.1. The molecular formula is C24H32N6O3. The third-order valence-electron chi connectivity index (χ3n) is 6.09. The zero-order valence-electron chi connectivity index (χ0n) is 20.0. The number of rotatable bonds is 7. The summed E-state index contributed by atoms with van der Waals surface area (Å²) in [5.74, 6) is 0.851. The van der Waals surface area contributed by atoms with Crippen molar-refractivity contribution in [1.82, 2.24) is 29.6 Å². The van der Waals surface area contributed by atoms with Gasteiger partial charge in [0.15, 0.2) is 11.3 Å². The van der Waals surface area contributed by atoms with E-state index in [0.29, 0.717) is 52.8 Å². The number of ether oxygens (including phenoxy) is 1. The van der Waals surface area contributed by atoms with Crippen molar-refractivity contribution in [2.24, 2.45) is 5.92 Å². The summed E-state index contributed by atoms with van der Waals surface area (Å²) in [5, 5.41) is 4.69. The van der Waals surface area contributed by atoms with Crippen molar-refractivity contribution in [3.05, 3.63) is 33.9 Å². The molecule has 33 heavy (non-hydrogen) atoms. The Balaban J connectivity index is 1.84. The number of nitrogens with one attached hydrogen (secondary N) is 1. The molecule has 9 heteroatoms. The van der Waals surface area contributed by atoms with Crippen molar-refractivity contribution < 1.29 is 9.53 Å². The molecule has 0 amide bonds. The number of aromatic nitrogens is 5. The molecule has 4 rings (SSSR count). The van der Waals surface area contributed by atoms with Crippen LogP contribution in [0, 0.1) is 5.92 Å². The van der Waals surface area contributed by atoms with E-state index in [1.807, 2.05) is 18.5 Å². The first-order valence-electron chi connectivity index (χ1n) is 11.6. The number of nitrogens with zero attached hydrogens (tertiary/aromatic N) is 5. The predicted octanol–water partition coefficient (Wildman–Crippen LogP) is 3.25. The first-order chi connectivity index (χ1) is 15.8. The number of pyridine rings is 1. The van der Waals surface area contributed by atoms with E-state index >= 15 is 0 Å². The van der Waals surface area contributed by atoms with Crippen LogP contribution in [-0.4, -0.2) is 62.2 Å². The molecular weight excluding hydrogens is 420 g/mol. The van der Waals surface area contributed by atoms with Crippen molar-refractivity contribution in [2.75, 3.05) is 26.7 Å². The van der Waals surface area contributed by atoms with E-state index in [1.54, 1.807) is 6.07 Å². The van der Waals surface area contributed by atoms with Gasteiger partial charge >= 0.3 is 0 Å². The Morgan fingerprint density at radius 2 is 2.00 bits per heavy atom. The molecule has 9 nitrogen and oxygen atoms in total. The van der Waals surface area contributed by atoms with E-state index in [9.17, 15) is 9.59 Å². The second kappa shape index (κ2) is 9.43. The standard InChI is InChI=1S/C24H32N6O3/c1-6-19-20-21(28-30(19)17-7-9-29(5)10-8-17)23(32)27-22(26-20)18-11-16(15(4)31)12-25-24(18)33-13-14(2)3/h11-12,14,17H,6-10,13H2,1-5H3,(H,26,27,32). The van der Waals surface area contributed by atoms with Crippen LogP contribution in [0.1, 0.15) is 62.6 Å². The lowest BCUT2D eigenvalue weighted by molar-refractivity contribution is 0.101. The summed E-state index contributed by atoms with van der Waals surface area (Å²) >= 11 is 0. The molecule has 3 aromatic heterocycles. The number of Topliss-reactive ketones (excluding diaryl/α,β-unsaturated/α-hetero) is 1. The second-order valence-electron chi connectivity index (χ2n) is 9.23. The fraction of sp³-hybridized carbons (Fsp3) is 0.542. The van der Waals surface area contributed by atoms with E-state index in [-0.39, 0.29) is 17.4 Å². The fourth-order valence-electron chi connectivity index (χ4n) is 4.21. The molecule has 1 aliphatic rings. The van der Waals surface area contributed by atoms with Crippen LogP contribution in [0.5, 0.6) is 5.88 Å². The summed E-state index contributed by atoms with van der Waals surface area (Å²) in [5.41, 5.74) is 2.51. The van der Waals surface area contributed by atoms with Gasteiger partial charge in [0.2, 0.25) is 5.88 Å². The SMILES string of the molecule is CCc1c2nc(-c3cc(C(C)=O)cnc3OCC(C)C)[nH]c(=O)c2nn1C1CCN(C)CC1. The maximum Gasteiger partial charge on any atom is 0.279 e.